The van der Waals surface area contributed by atoms with Crippen molar-refractivity contribution in [3.05, 3.63) is 5.82 Å². The molecule has 94 valence electrons. The number of aromatic nitrogens is 4. The fourth-order valence-electron chi connectivity index (χ4n) is 0.923. The first-order chi connectivity index (χ1) is 7.89. The maximum absolute atomic E-state index is 11.5. The van der Waals surface area contributed by atoms with Crippen molar-refractivity contribution in [1.29, 1.82) is 0 Å². The highest BCUT2D eigenvalue weighted by molar-refractivity contribution is 5.87. The Labute approximate surface area is 98.5 Å². The van der Waals surface area contributed by atoms with Gasteiger partial charge in [0.2, 0.25) is 11.8 Å². The van der Waals surface area contributed by atoms with Crippen molar-refractivity contribution in [2.75, 3.05) is 6.54 Å². The zero-order valence-corrected chi connectivity index (χ0v) is 10.1. The summed E-state index contributed by atoms with van der Waals surface area (Å²) in [4.78, 5) is 22.8. The van der Waals surface area contributed by atoms with E-state index in [2.05, 4.69) is 31.3 Å². The summed E-state index contributed by atoms with van der Waals surface area (Å²) < 4.78 is 0. The summed E-state index contributed by atoms with van der Waals surface area (Å²) in [6, 6.07) is 0. The molecule has 0 radical (unpaired) electrons. The number of H-pyrrole nitrogens is 1. The molecule has 0 atom stereocenters. The van der Waals surface area contributed by atoms with Gasteiger partial charge in [0.1, 0.15) is 0 Å². The Bertz CT molecular complexity index is 381. The Kier molecular flexibility index (Phi) is 4.13. The predicted molar refractivity (Wildman–Crippen MR) is 58.5 cm³/mol. The number of nitrogens with zero attached hydrogens (tertiary/aromatic N) is 3. The van der Waals surface area contributed by atoms with Crippen LogP contribution in [-0.4, -0.2) is 39.0 Å². The van der Waals surface area contributed by atoms with Gasteiger partial charge in [-0.3, -0.25) is 9.59 Å². The molecule has 2 amide bonds. The Balaban J connectivity index is 2.24. The molecule has 1 rings (SSSR count). The number of carbonyl (C=O) groups is 2. The van der Waals surface area contributed by atoms with E-state index in [0.29, 0.717) is 5.82 Å². The summed E-state index contributed by atoms with van der Waals surface area (Å²) in [5, 5.41) is 18.1. The van der Waals surface area contributed by atoms with Crippen LogP contribution in [0.1, 0.15) is 26.6 Å². The number of amides is 2. The van der Waals surface area contributed by atoms with E-state index in [0.717, 1.165) is 0 Å². The van der Waals surface area contributed by atoms with E-state index in [1.54, 1.807) is 20.8 Å². The minimum Gasteiger partial charge on any atom is -0.347 e. The first-order valence-corrected chi connectivity index (χ1v) is 5.17. The lowest BCUT2D eigenvalue weighted by molar-refractivity contribution is -0.131. The van der Waals surface area contributed by atoms with E-state index in [9.17, 15) is 9.59 Å². The zero-order chi connectivity index (χ0) is 12.9. The molecule has 0 aliphatic rings. The average molecular weight is 240 g/mol. The smallest absolute Gasteiger partial charge is 0.239 e. The third kappa shape index (κ3) is 4.58. The summed E-state index contributed by atoms with van der Waals surface area (Å²) in [5.74, 6) is -0.0832. The van der Waals surface area contributed by atoms with Gasteiger partial charge in [-0.25, -0.2) is 0 Å². The molecule has 0 saturated carbocycles. The van der Waals surface area contributed by atoms with Gasteiger partial charge in [0.15, 0.2) is 5.82 Å². The second-order valence-corrected chi connectivity index (χ2v) is 4.54. The van der Waals surface area contributed by atoms with E-state index < -0.39 is 5.41 Å². The summed E-state index contributed by atoms with van der Waals surface area (Å²) in [6.07, 6.45) is 0. The quantitative estimate of drug-likeness (QED) is 0.623. The Morgan fingerprint density at radius 3 is 2.53 bits per heavy atom. The third-order valence-corrected chi connectivity index (χ3v) is 1.92. The van der Waals surface area contributed by atoms with Crippen molar-refractivity contribution in [2.24, 2.45) is 5.41 Å². The molecule has 0 unspecified atom stereocenters. The SMILES string of the molecule is CC(C)(C)C(=O)NCC(=O)NCc1nn[nH]n1. The van der Waals surface area contributed by atoms with Gasteiger partial charge in [-0.2, -0.15) is 5.21 Å². The van der Waals surface area contributed by atoms with Gasteiger partial charge in [-0.05, 0) is 0 Å². The van der Waals surface area contributed by atoms with Crippen LogP contribution in [0.15, 0.2) is 0 Å². The molecule has 1 aromatic rings. The molecular formula is C9H16N6O2. The molecule has 0 spiro atoms. The largest absolute Gasteiger partial charge is 0.347 e. The Hall–Kier alpha value is -1.99. The molecule has 0 aliphatic carbocycles. The zero-order valence-electron chi connectivity index (χ0n) is 10.1. The van der Waals surface area contributed by atoms with Crippen LogP contribution >= 0.6 is 0 Å². The molecule has 1 aromatic heterocycles. The van der Waals surface area contributed by atoms with Gasteiger partial charge >= 0.3 is 0 Å². The van der Waals surface area contributed by atoms with Crippen molar-refractivity contribution < 1.29 is 9.59 Å². The van der Waals surface area contributed by atoms with Crippen LogP contribution in [0.4, 0.5) is 0 Å². The van der Waals surface area contributed by atoms with Crippen LogP contribution in [0.2, 0.25) is 0 Å². The van der Waals surface area contributed by atoms with Gasteiger partial charge in [0.05, 0.1) is 13.1 Å². The van der Waals surface area contributed by atoms with Crippen LogP contribution in [0, 0.1) is 5.41 Å². The van der Waals surface area contributed by atoms with Crippen LogP contribution in [-0.2, 0) is 16.1 Å². The van der Waals surface area contributed by atoms with Crippen molar-refractivity contribution in [3.63, 3.8) is 0 Å². The second-order valence-electron chi connectivity index (χ2n) is 4.54. The molecule has 8 heteroatoms. The molecule has 1 heterocycles. The van der Waals surface area contributed by atoms with Crippen LogP contribution < -0.4 is 10.6 Å². The Morgan fingerprint density at radius 2 is 2.00 bits per heavy atom. The number of nitrogens with one attached hydrogen (secondary N) is 3. The summed E-state index contributed by atoms with van der Waals surface area (Å²) in [7, 11) is 0. The standard InChI is InChI=1S/C9H16N6O2/c1-9(2,3)8(17)11-5-7(16)10-4-6-12-14-15-13-6/h4-5H2,1-3H3,(H,10,16)(H,11,17)(H,12,13,14,15). The average Bonchev–Trinajstić information content (AvgIpc) is 2.74. The van der Waals surface area contributed by atoms with Gasteiger partial charge < -0.3 is 10.6 Å². The van der Waals surface area contributed by atoms with E-state index in [1.165, 1.54) is 0 Å². The number of rotatable bonds is 4. The molecular weight excluding hydrogens is 224 g/mol. The van der Waals surface area contributed by atoms with Crippen LogP contribution in [0.3, 0.4) is 0 Å². The van der Waals surface area contributed by atoms with E-state index in [-0.39, 0.29) is 24.9 Å². The van der Waals surface area contributed by atoms with Gasteiger partial charge in [0, 0.05) is 5.41 Å². The monoisotopic (exact) mass is 240 g/mol. The molecule has 0 aromatic carbocycles. The fourth-order valence-corrected chi connectivity index (χ4v) is 0.923. The number of carbonyl (C=O) groups excluding carboxylic acids is 2. The highest BCUT2D eigenvalue weighted by Gasteiger charge is 2.21. The molecule has 17 heavy (non-hydrogen) atoms. The Morgan fingerprint density at radius 1 is 1.29 bits per heavy atom. The molecule has 0 saturated heterocycles. The summed E-state index contributed by atoms with van der Waals surface area (Å²) in [5.41, 5.74) is -0.506. The maximum Gasteiger partial charge on any atom is 0.239 e. The lowest BCUT2D eigenvalue weighted by atomic mass is 9.96. The lowest BCUT2D eigenvalue weighted by Crippen LogP contribution is -2.41. The minimum atomic E-state index is -0.506. The second kappa shape index (κ2) is 5.37. The molecule has 0 aliphatic heterocycles. The van der Waals surface area contributed by atoms with Gasteiger partial charge in [0.25, 0.3) is 0 Å². The minimum absolute atomic E-state index is 0.0616. The number of aromatic amines is 1. The summed E-state index contributed by atoms with van der Waals surface area (Å²) >= 11 is 0. The molecule has 3 N–H and O–H groups in total. The summed E-state index contributed by atoms with van der Waals surface area (Å²) in [6.45, 7) is 5.45. The predicted octanol–water partition coefficient (Wildman–Crippen LogP) is -1.02. The van der Waals surface area contributed by atoms with Crippen molar-refractivity contribution in [1.82, 2.24) is 31.3 Å². The molecule has 0 bridgehead atoms. The van der Waals surface area contributed by atoms with Crippen molar-refractivity contribution in [2.45, 2.75) is 27.3 Å². The first kappa shape index (κ1) is 13.1. The van der Waals surface area contributed by atoms with E-state index >= 15 is 0 Å². The highest BCUT2D eigenvalue weighted by Crippen LogP contribution is 2.11. The van der Waals surface area contributed by atoms with Crippen LogP contribution in [0.5, 0.6) is 0 Å². The van der Waals surface area contributed by atoms with Crippen molar-refractivity contribution >= 4 is 11.8 Å². The van der Waals surface area contributed by atoms with Gasteiger partial charge in [-0.15, -0.1) is 10.2 Å². The highest BCUT2D eigenvalue weighted by atomic mass is 16.2. The first-order valence-electron chi connectivity index (χ1n) is 5.17. The number of tetrazole rings is 1. The molecule has 0 fully saturated rings. The topological polar surface area (TPSA) is 113 Å². The van der Waals surface area contributed by atoms with E-state index in [1.807, 2.05) is 0 Å². The third-order valence-electron chi connectivity index (χ3n) is 1.92. The normalized spacial score (nSPS) is 11.0. The van der Waals surface area contributed by atoms with Gasteiger partial charge in [-0.1, -0.05) is 26.0 Å². The fraction of sp³-hybridized carbons (Fsp3) is 0.667. The molecule has 8 nitrogen and oxygen atoms in total. The number of hydrogen-bond donors (Lipinski definition) is 3. The van der Waals surface area contributed by atoms with Crippen LogP contribution in [0.25, 0.3) is 0 Å². The lowest BCUT2D eigenvalue weighted by Gasteiger charge is -2.17. The maximum atomic E-state index is 11.5. The number of hydrogen-bond acceptors (Lipinski definition) is 5. The van der Waals surface area contributed by atoms with Crippen molar-refractivity contribution in [3.8, 4) is 0 Å². The van der Waals surface area contributed by atoms with E-state index in [4.69, 9.17) is 0 Å².